The summed E-state index contributed by atoms with van der Waals surface area (Å²) < 4.78 is 38.2. The molecule has 2 N–H and O–H groups in total. The Morgan fingerprint density at radius 2 is 1.98 bits per heavy atom. The van der Waals surface area contributed by atoms with E-state index in [-0.39, 0.29) is 36.2 Å². The molecule has 2 atom stereocenters. The van der Waals surface area contributed by atoms with Gasteiger partial charge in [0.25, 0.3) is 15.9 Å². The number of aromatic nitrogens is 1. The van der Waals surface area contributed by atoms with E-state index in [4.69, 9.17) is 9.15 Å². The van der Waals surface area contributed by atoms with Crippen LogP contribution in [0.15, 0.2) is 51.9 Å². The summed E-state index contributed by atoms with van der Waals surface area (Å²) in [4.78, 5) is 43.5. The third-order valence-electron chi connectivity index (χ3n) is 6.68. The van der Waals surface area contributed by atoms with E-state index in [0.717, 1.165) is 4.31 Å². The zero-order chi connectivity index (χ0) is 29.0. The lowest BCUT2D eigenvalue weighted by molar-refractivity contribution is -0.129. The molecule has 2 aromatic heterocycles. The lowest BCUT2D eigenvalue weighted by Crippen LogP contribution is -2.52. The van der Waals surface area contributed by atoms with Crippen LogP contribution in [0.25, 0.3) is 11.0 Å². The summed E-state index contributed by atoms with van der Waals surface area (Å²) in [6.07, 6.45) is 0.961. The van der Waals surface area contributed by atoms with Crippen LogP contribution in [0.5, 0.6) is 5.75 Å². The van der Waals surface area contributed by atoms with Crippen molar-refractivity contribution in [1.82, 2.24) is 19.9 Å². The number of ether oxygens (including phenoxy) is 1. The van der Waals surface area contributed by atoms with Crippen molar-refractivity contribution in [2.75, 3.05) is 20.2 Å². The van der Waals surface area contributed by atoms with E-state index in [1.54, 1.807) is 50.4 Å². The highest BCUT2D eigenvalue weighted by atomic mass is 32.2. The molecule has 2 amide bonds. The molecule has 3 heterocycles. The minimum atomic E-state index is -3.97. The van der Waals surface area contributed by atoms with Gasteiger partial charge in [-0.3, -0.25) is 14.4 Å². The Bertz CT molecular complexity index is 1520. The van der Waals surface area contributed by atoms with E-state index in [1.165, 1.54) is 6.07 Å². The van der Waals surface area contributed by atoms with E-state index in [0.29, 0.717) is 35.3 Å². The maximum Gasteiger partial charge on any atom is 0.287 e. The second kappa shape index (κ2) is 12.2. The smallest absolute Gasteiger partial charge is 0.287 e. The summed E-state index contributed by atoms with van der Waals surface area (Å²) in [5.41, 5.74) is 1.05. The Morgan fingerprint density at radius 3 is 2.67 bits per heavy atom. The number of nitrogens with zero attached hydrogens (tertiary/aromatic N) is 2. The van der Waals surface area contributed by atoms with Crippen molar-refractivity contribution in [3.63, 3.8) is 0 Å². The maximum atomic E-state index is 13.3. The summed E-state index contributed by atoms with van der Waals surface area (Å²) >= 11 is 0. The molecule has 1 aromatic carbocycles. The van der Waals surface area contributed by atoms with Crippen LogP contribution in [-0.4, -0.2) is 67.6 Å². The molecule has 12 heteroatoms. The summed E-state index contributed by atoms with van der Waals surface area (Å²) in [5.74, 6) is -0.792. The summed E-state index contributed by atoms with van der Waals surface area (Å²) in [7, 11) is -2.43. The molecule has 3 aromatic rings. The van der Waals surface area contributed by atoms with Crippen molar-refractivity contribution in [2.24, 2.45) is 5.92 Å². The molecule has 0 radical (unpaired) electrons. The molecule has 4 rings (SSSR count). The predicted octanol–water partition coefficient (Wildman–Crippen LogP) is 2.83. The number of carbonyl (C=O) groups is 3. The first-order valence-electron chi connectivity index (χ1n) is 13.1. The molecule has 1 aliphatic heterocycles. The fraction of sp³-hybridized carbons (Fsp3) is 0.429. The minimum Gasteiger partial charge on any atom is -0.497 e. The highest BCUT2D eigenvalue weighted by Crippen LogP contribution is 2.24. The van der Waals surface area contributed by atoms with Crippen LogP contribution in [0.3, 0.4) is 0 Å². The molecule has 1 fully saturated rings. The average Bonchev–Trinajstić information content (AvgIpc) is 3.25. The Hall–Kier alpha value is -3.77. The van der Waals surface area contributed by atoms with Crippen LogP contribution in [0.2, 0.25) is 0 Å². The van der Waals surface area contributed by atoms with Gasteiger partial charge in [0.15, 0.2) is 16.6 Å². The van der Waals surface area contributed by atoms with Gasteiger partial charge in [0.2, 0.25) is 5.91 Å². The van der Waals surface area contributed by atoms with Crippen LogP contribution in [0.4, 0.5) is 0 Å². The van der Waals surface area contributed by atoms with Crippen LogP contribution >= 0.6 is 0 Å². The molecule has 11 nitrogen and oxygen atoms in total. The van der Waals surface area contributed by atoms with E-state index < -0.39 is 39.7 Å². The molecular formula is C28H34N4O7S. The van der Waals surface area contributed by atoms with Crippen molar-refractivity contribution >= 4 is 38.6 Å². The SMILES string of the molecule is COc1ccc2oc(C(=O)N[C@@H](CC(C)C)C(=O)NC3CCCN(S(=O)(=O)c4cccc(C)n4)CC3=O)cc2c1. The van der Waals surface area contributed by atoms with Gasteiger partial charge in [0.05, 0.1) is 19.7 Å². The van der Waals surface area contributed by atoms with Crippen LogP contribution < -0.4 is 15.4 Å². The van der Waals surface area contributed by atoms with Gasteiger partial charge in [-0.15, -0.1) is 0 Å². The van der Waals surface area contributed by atoms with Crippen molar-refractivity contribution in [2.45, 2.75) is 57.1 Å². The van der Waals surface area contributed by atoms with E-state index >= 15 is 0 Å². The third-order valence-corrected chi connectivity index (χ3v) is 8.43. The number of ketones is 1. The Balaban J connectivity index is 1.45. The van der Waals surface area contributed by atoms with Gasteiger partial charge in [-0.2, -0.15) is 4.31 Å². The van der Waals surface area contributed by atoms with Gasteiger partial charge >= 0.3 is 0 Å². The van der Waals surface area contributed by atoms with Gasteiger partial charge < -0.3 is 19.8 Å². The number of methoxy groups -OCH3 is 1. The number of pyridine rings is 1. The molecule has 0 spiro atoms. The van der Waals surface area contributed by atoms with Crippen molar-refractivity contribution in [3.05, 3.63) is 53.9 Å². The van der Waals surface area contributed by atoms with Crippen molar-refractivity contribution in [1.29, 1.82) is 0 Å². The second-order valence-corrected chi connectivity index (χ2v) is 12.2. The summed E-state index contributed by atoms with van der Waals surface area (Å²) in [6, 6.07) is 9.60. The quantitative estimate of drug-likeness (QED) is 0.399. The normalized spacial score (nSPS) is 17.4. The second-order valence-electron chi connectivity index (χ2n) is 10.3. The number of sulfonamides is 1. The number of nitrogens with one attached hydrogen (secondary N) is 2. The van der Waals surface area contributed by atoms with Crippen LogP contribution in [0.1, 0.15) is 49.4 Å². The van der Waals surface area contributed by atoms with Gasteiger partial charge in [0, 0.05) is 17.6 Å². The largest absolute Gasteiger partial charge is 0.497 e. The third kappa shape index (κ3) is 6.68. The van der Waals surface area contributed by atoms with Crippen molar-refractivity contribution in [3.8, 4) is 5.75 Å². The van der Waals surface area contributed by atoms with Crippen LogP contribution in [-0.2, 0) is 19.6 Å². The summed E-state index contributed by atoms with van der Waals surface area (Å²) in [6.45, 7) is 5.26. The van der Waals surface area contributed by atoms with Gasteiger partial charge in [-0.05, 0) is 68.5 Å². The first-order chi connectivity index (χ1) is 19.0. The van der Waals surface area contributed by atoms with Gasteiger partial charge in [0.1, 0.15) is 17.4 Å². The number of hydrogen-bond acceptors (Lipinski definition) is 8. The van der Waals surface area contributed by atoms with Crippen LogP contribution in [0, 0.1) is 12.8 Å². The molecule has 214 valence electrons. The minimum absolute atomic E-state index is 0.0426. The topological polar surface area (TPSA) is 148 Å². The number of fused-ring (bicyclic) bond motifs is 1. The Morgan fingerprint density at radius 1 is 1.20 bits per heavy atom. The number of benzene rings is 1. The fourth-order valence-corrected chi connectivity index (χ4v) is 6.05. The Kier molecular flexibility index (Phi) is 8.89. The number of aryl methyl sites for hydroxylation is 1. The molecular weight excluding hydrogens is 536 g/mol. The van der Waals surface area contributed by atoms with Gasteiger partial charge in [-0.25, -0.2) is 13.4 Å². The number of rotatable bonds is 9. The highest BCUT2D eigenvalue weighted by molar-refractivity contribution is 7.89. The Labute approximate surface area is 233 Å². The molecule has 1 unspecified atom stereocenters. The molecule has 0 aliphatic carbocycles. The zero-order valence-corrected chi connectivity index (χ0v) is 23.8. The predicted molar refractivity (Wildman–Crippen MR) is 147 cm³/mol. The number of hydrogen-bond donors (Lipinski definition) is 2. The molecule has 0 saturated carbocycles. The fourth-order valence-electron chi connectivity index (χ4n) is 4.61. The first-order valence-corrected chi connectivity index (χ1v) is 14.6. The van der Waals surface area contributed by atoms with Crippen molar-refractivity contribution < 1.29 is 32.0 Å². The standard InChI is InChI=1S/C28H34N4O7S/c1-17(2)13-22(31-28(35)25-15-19-14-20(38-4)10-11-24(19)39-25)27(34)30-21-8-6-12-32(16-23(21)33)40(36,37)26-9-5-7-18(3)29-26/h5,7,9-11,14-15,17,21-22H,6,8,12-13,16H2,1-4H3,(H,30,34)(H,31,35)/t21?,22-/m0/s1. The van der Waals surface area contributed by atoms with E-state index in [9.17, 15) is 22.8 Å². The first kappa shape index (κ1) is 29.2. The van der Waals surface area contributed by atoms with Gasteiger partial charge in [-0.1, -0.05) is 19.9 Å². The summed E-state index contributed by atoms with van der Waals surface area (Å²) in [5, 5.41) is 6.04. The molecule has 0 bridgehead atoms. The maximum absolute atomic E-state index is 13.3. The average molecular weight is 571 g/mol. The number of Topliss-reactive ketones (excluding diaryl/α,β-unsaturated/α-hetero) is 1. The lowest BCUT2D eigenvalue weighted by Gasteiger charge is -2.23. The number of carbonyl (C=O) groups excluding carboxylic acids is 3. The molecule has 1 aliphatic rings. The number of furan rings is 1. The molecule has 40 heavy (non-hydrogen) atoms. The zero-order valence-electron chi connectivity index (χ0n) is 23.0. The van der Waals surface area contributed by atoms with E-state index in [1.807, 2.05) is 13.8 Å². The highest BCUT2D eigenvalue weighted by Gasteiger charge is 2.35. The molecule has 1 saturated heterocycles. The monoisotopic (exact) mass is 570 g/mol. The van der Waals surface area contributed by atoms with E-state index in [2.05, 4.69) is 15.6 Å². The number of amides is 2. The lowest BCUT2D eigenvalue weighted by atomic mass is 10.0.